The Morgan fingerprint density at radius 3 is 1.07 bits per heavy atom. The van der Waals surface area contributed by atoms with Crippen molar-refractivity contribution in [3.8, 4) is 11.5 Å². The summed E-state index contributed by atoms with van der Waals surface area (Å²) in [5.41, 5.74) is 10.3. The van der Waals surface area contributed by atoms with Crippen molar-refractivity contribution < 1.29 is 85.7 Å². The van der Waals surface area contributed by atoms with E-state index in [-0.39, 0.29) is 0 Å². The van der Waals surface area contributed by atoms with Crippen molar-refractivity contribution >= 4 is 50.1 Å². The fourth-order valence-electron chi connectivity index (χ4n) is 1.24. The van der Waals surface area contributed by atoms with Crippen LogP contribution in [0.25, 0.3) is 0 Å². The summed E-state index contributed by atoms with van der Waals surface area (Å²) in [7, 11) is -9.70. The molecule has 0 heterocycles. The van der Waals surface area contributed by atoms with E-state index in [0.717, 1.165) is 47.7 Å². The Morgan fingerprint density at radius 1 is 0.628 bits per heavy atom. The van der Waals surface area contributed by atoms with Gasteiger partial charge in [-0.05, 0) is 6.07 Å². The van der Waals surface area contributed by atoms with Crippen molar-refractivity contribution in [2.75, 3.05) is 26.2 Å². The molecular weight excluding hydrogens is 634 g/mol. The van der Waals surface area contributed by atoms with Gasteiger partial charge in [0, 0.05) is 66.9 Å². The minimum absolute atomic E-state index is 0.305. The largest absolute Gasteiger partial charge is 0.504 e. The second-order valence-corrected chi connectivity index (χ2v) is 9.47. The summed E-state index contributed by atoms with van der Waals surface area (Å²) in [6.07, 6.45) is 0. The minimum Gasteiger partial charge on any atom is -0.504 e. The van der Waals surface area contributed by atoms with E-state index in [1.807, 2.05) is 0 Å². The van der Waals surface area contributed by atoms with Gasteiger partial charge in [-0.25, -0.2) is 0 Å². The van der Waals surface area contributed by atoms with Gasteiger partial charge in [-0.1, -0.05) is 0 Å². The fourth-order valence-corrected chi connectivity index (χ4v) is 2.47. The van der Waals surface area contributed by atoms with Gasteiger partial charge in [-0.15, -0.1) is 0 Å². The lowest BCUT2D eigenvalue weighted by atomic mass is 10.3. The highest BCUT2D eigenvalue weighted by Gasteiger charge is 2.23. The number of nitrogens with two attached hydrogens (primary N) is 2. The summed E-state index contributed by atoms with van der Waals surface area (Å²) in [4.78, 5) is 42.8. The topological polar surface area (TPSA) is 400 Å². The smallest absolute Gasteiger partial charge is 0.300 e. The number of hydrogen-bond acceptors (Lipinski definition) is 14. The van der Waals surface area contributed by atoms with Crippen molar-refractivity contribution in [2.24, 2.45) is 11.5 Å². The number of phenolic OH excluding ortho intramolecular Hbond substituents is 2. The second-order valence-electron chi connectivity index (χ2n) is 6.66. The molecule has 0 aliphatic rings. The van der Waals surface area contributed by atoms with Crippen molar-refractivity contribution in [3.63, 3.8) is 0 Å². The first-order valence-corrected chi connectivity index (χ1v) is 13.6. The molecule has 0 saturated carbocycles. The van der Waals surface area contributed by atoms with Gasteiger partial charge < -0.3 is 52.5 Å². The van der Waals surface area contributed by atoms with Gasteiger partial charge in [0.15, 0.2) is 11.5 Å². The average Bonchev–Trinajstić information content (AvgIpc) is 2.73. The van der Waals surface area contributed by atoms with E-state index in [0.29, 0.717) is 25.2 Å². The maximum Gasteiger partial charge on any atom is 0.300 e. The van der Waals surface area contributed by atoms with E-state index in [1.54, 1.807) is 0 Å². The third-order valence-electron chi connectivity index (χ3n) is 2.25. The monoisotopic (exact) mass is 673 g/mol. The maximum atomic E-state index is 10.7. The molecule has 0 aliphatic carbocycles. The number of carboxylic acid groups (broad SMARTS) is 5. The predicted molar refractivity (Wildman–Crippen MR) is 147 cm³/mol. The molecule has 0 bridgehead atoms. The molecule has 0 fully saturated rings. The first-order valence-electron chi connectivity index (χ1n) is 10.7. The first kappa shape index (κ1) is 51.6. The zero-order chi connectivity index (χ0) is 36.1. The van der Waals surface area contributed by atoms with E-state index >= 15 is 0 Å². The summed E-state index contributed by atoms with van der Waals surface area (Å²) in [5.74, 6) is -6.49. The molecule has 1 aromatic carbocycles. The Balaban J connectivity index is -0.000000106. The van der Waals surface area contributed by atoms with Crippen molar-refractivity contribution in [3.05, 3.63) is 12.1 Å². The summed E-state index contributed by atoms with van der Waals surface area (Å²) >= 11 is 0. The summed E-state index contributed by atoms with van der Waals surface area (Å²) in [5, 5.41) is 58.2. The Kier molecular flexibility index (Phi) is 35.2. The third kappa shape index (κ3) is 62.7. The standard InChI is InChI=1S/C6H6O8S2.C4H13N3.5C2H4O2/c7-4-1-3(15(9,10)11)2-5(6(4)8)16(12,13)14;5-1-3-7-4-2-6;5*1-2(3)4/h1-2,7-8H,(H,9,10,11)(H,12,13,14);7H,1-6H2;5*1H3,(H,3,4). The summed E-state index contributed by atoms with van der Waals surface area (Å²) in [6.45, 7) is 8.55. The van der Waals surface area contributed by atoms with Crippen LogP contribution in [0.1, 0.15) is 34.6 Å². The van der Waals surface area contributed by atoms with Crippen molar-refractivity contribution in [1.82, 2.24) is 5.32 Å². The number of aromatic hydroxyl groups is 2. The molecule has 0 unspecified atom stereocenters. The Hall–Kier alpha value is -4.13. The number of carboxylic acids is 5. The Labute approximate surface area is 246 Å². The van der Waals surface area contributed by atoms with Gasteiger partial charge >= 0.3 is 0 Å². The van der Waals surface area contributed by atoms with Crippen LogP contribution in [0.15, 0.2) is 21.9 Å². The fraction of sp³-hybridized carbons (Fsp3) is 0.450. The first-order chi connectivity index (χ1) is 19.1. The molecule has 14 N–H and O–H groups in total. The summed E-state index contributed by atoms with van der Waals surface area (Å²) in [6, 6.07) is 0.735. The van der Waals surface area contributed by atoms with Gasteiger partial charge in [-0.3, -0.25) is 33.1 Å². The van der Waals surface area contributed by atoms with Gasteiger partial charge in [-0.2, -0.15) is 16.8 Å². The molecule has 43 heavy (non-hydrogen) atoms. The number of rotatable bonds is 6. The van der Waals surface area contributed by atoms with Crippen LogP contribution in [0.5, 0.6) is 11.5 Å². The van der Waals surface area contributed by atoms with Crippen LogP contribution in [0.4, 0.5) is 0 Å². The lowest BCUT2D eigenvalue weighted by Crippen LogP contribution is -2.27. The van der Waals surface area contributed by atoms with Crippen LogP contribution >= 0.6 is 0 Å². The Bertz CT molecular complexity index is 1090. The highest BCUT2D eigenvalue weighted by atomic mass is 32.2. The van der Waals surface area contributed by atoms with Gasteiger partial charge in [0.2, 0.25) is 0 Å². The average molecular weight is 674 g/mol. The SMILES string of the molecule is CC(=O)O.CC(=O)O.CC(=O)O.CC(=O)O.CC(=O)O.NCCNCCN.O=S(=O)(O)c1cc(O)c(O)c(S(=O)(=O)O)c1. The molecular formula is C20H39N3O18S2. The quantitative estimate of drug-likeness (QED) is 0.0931. The predicted octanol–water partition coefficient (Wildman–Crippen LogP) is -1.46. The molecule has 0 spiro atoms. The van der Waals surface area contributed by atoms with E-state index in [2.05, 4.69) is 5.32 Å². The molecule has 0 aromatic heterocycles. The number of nitrogens with one attached hydrogen (secondary N) is 1. The van der Waals surface area contributed by atoms with Crippen LogP contribution in [0, 0.1) is 0 Å². The third-order valence-corrected chi connectivity index (χ3v) is 3.94. The number of carbonyl (C=O) groups is 5. The van der Waals surface area contributed by atoms with Gasteiger partial charge in [0.1, 0.15) is 4.90 Å². The molecule has 0 saturated heterocycles. The molecule has 0 atom stereocenters. The normalized spacial score (nSPS) is 9.14. The minimum atomic E-state index is -4.92. The second kappa shape index (κ2) is 29.4. The zero-order valence-corrected chi connectivity index (χ0v) is 25.3. The zero-order valence-electron chi connectivity index (χ0n) is 23.7. The maximum absolute atomic E-state index is 10.7. The molecule has 254 valence electrons. The number of aliphatic carboxylic acids is 5. The van der Waals surface area contributed by atoms with E-state index in [1.165, 1.54) is 0 Å². The molecule has 0 radical (unpaired) electrons. The van der Waals surface area contributed by atoms with Gasteiger partial charge in [0.05, 0.1) is 4.90 Å². The highest BCUT2D eigenvalue weighted by Crippen LogP contribution is 2.34. The van der Waals surface area contributed by atoms with E-state index in [9.17, 15) is 16.8 Å². The van der Waals surface area contributed by atoms with Crippen molar-refractivity contribution in [2.45, 2.75) is 44.4 Å². The highest BCUT2D eigenvalue weighted by molar-refractivity contribution is 7.86. The van der Waals surface area contributed by atoms with Crippen LogP contribution in [0.3, 0.4) is 0 Å². The molecule has 0 aliphatic heterocycles. The number of hydrogen-bond donors (Lipinski definition) is 12. The molecule has 21 nitrogen and oxygen atoms in total. The molecule has 1 aromatic rings. The molecule has 1 rings (SSSR count). The van der Waals surface area contributed by atoms with Gasteiger partial charge in [0.25, 0.3) is 50.1 Å². The summed E-state index contributed by atoms with van der Waals surface area (Å²) < 4.78 is 59.9. The lowest BCUT2D eigenvalue weighted by Gasteiger charge is -2.05. The van der Waals surface area contributed by atoms with Crippen LogP contribution in [-0.4, -0.2) is 118 Å². The van der Waals surface area contributed by atoms with Crippen LogP contribution in [0.2, 0.25) is 0 Å². The lowest BCUT2D eigenvalue weighted by molar-refractivity contribution is -0.135. The molecule has 23 heteroatoms. The van der Waals surface area contributed by atoms with Crippen molar-refractivity contribution in [1.29, 1.82) is 0 Å². The number of benzene rings is 1. The van der Waals surface area contributed by atoms with Crippen LogP contribution < -0.4 is 16.8 Å². The van der Waals surface area contributed by atoms with E-state index < -0.39 is 71.4 Å². The Morgan fingerprint density at radius 2 is 0.884 bits per heavy atom. The number of phenols is 2. The van der Waals surface area contributed by atoms with Crippen LogP contribution in [-0.2, 0) is 44.2 Å². The molecule has 0 amide bonds. The van der Waals surface area contributed by atoms with E-state index in [4.69, 9.17) is 80.3 Å².